The van der Waals surface area contributed by atoms with Gasteiger partial charge in [0.25, 0.3) is 0 Å². The Morgan fingerprint density at radius 2 is 2.26 bits per heavy atom. The van der Waals surface area contributed by atoms with Gasteiger partial charge in [-0.25, -0.2) is 0 Å². The second kappa shape index (κ2) is 5.66. The van der Waals surface area contributed by atoms with Crippen LogP contribution in [0.3, 0.4) is 0 Å². The van der Waals surface area contributed by atoms with Gasteiger partial charge in [0.1, 0.15) is 11.3 Å². The highest BCUT2D eigenvalue weighted by Crippen LogP contribution is 2.27. The number of rotatable bonds is 4. The van der Waals surface area contributed by atoms with Gasteiger partial charge in [-0.3, -0.25) is 0 Å². The van der Waals surface area contributed by atoms with Crippen LogP contribution in [-0.2, 0) is 7.05 Å². The Hall–Kier alpha value is -1.47. The summed E-state index contributed by atoms with van der Waals surface area (Å²) in [5.74, 6) is 0.842. The normalized spacial score (nSPS) is 12.2. The molecule has 0 bridgehead atoms. The second-order valence-electron chi connectivity index (χ2n) is 4.19. The molecule has 5 nitrogen and oxygen atoms in total. The quantitative estimate of drug-likeness (QED) is 0.837. The third kappa shape index (κ3) is 2.93. The standard InChI is InChI=1S/C12H14BrN5S/c1-7(12-17-15-6-18(12)2)16-9-5-3-4-8(13)10(9)11(14)19/h3-7,16H,1-2H3,(H2,14,19). The third-order valence-corrected chi connectivity index (χ3v) is 3.63. The van der Waals surface area contributed by atoms with Crippen molar-refractivity contribution < 1.29 is 0 Å². The molecule has 1 heterocycles. The second-order valence-corrected chi connectivity index (χ2v) is 5.49. The van der Waals surface area contributed by atoms with Gasteiger partial charge in [0.15, 0.2) is 5.82 Å². The number of thiocarbonyl (C=S) groups is 1. The molecular weight excluding hydrogens is 326 g/mol. The first kappa shape index (κ1) is 14.0. The van der Waals surface area contributed by atoms with Crippen molar-refractivity contribution in [2.75, 3.05) is 5.32 Å². The highest BCUT2D eigenvalue weighted by molar-refractivity contribution is 9.10. The zero-order valence-electron chi connectivity index (χ0n) is 10.6. The molecule has 3 N–H and O–H groups in total. The lowest BCUT2D eigenvalue weighted by Crippen LogP contribution is -2.17. The van der Waals surface area contributed by atoms with Crippen molar-refractivity contribution in [2.45, 2.75) is 13.0 Å². The van der Waals surface area contributed by atoms with Crippen LogP contribution in [0.15, 0.2) is 29.0 Å². The number of aromatic nitrogens is 3. The fourth-order valence-corrected chi connectivity index (χ4v) is 2.81. The van der Waals surface area contributed by atoms with Crippen molar-refractivity contribution in [3.8, 4) is 0 Å². The predicted molar refractivity (Wildman–Crippen MR) is 83.1 cm³/mol. The third-order valence-electron chi connectivity index (χ3n) is 2.77. The van der Waals surface area contributed by atoms with Crippen LogP contribution in [0.5, 0.6) is 0 Å². The maximum Gasteiger partial charge on any atom is 0.154 e. The Kier molecular flexibility index (Phi) is 4.16. The fraction of sp³-hybridized carbons (Fsp3) is 0.250. The van der Waals surface area contributed by atoms with Gasteiger partial charge in [0, 0.05) is 22.8 Å². The molecule has 0 fully saturated rings. The van der Waals surface area contributed by atoms with E-state index in [4.69, 9.17) is 18.0 Å². The minimum atomic E-state index is -0.00472. The van der Waals surface area contributed by atoms with Crippen LogP contribution in [0.25, 0.3) is 0 Å². The van der Waals surface area contributed by atoms with E-state index in [0.717, 1.165) is 21.5 Å². The highest BCUT2D eigenvalue weighted by atomic mass is 79.9. The van der Waals surface area contributed by atoms with Gasteiger partial charge >= 0.3 is 0 Å². The molecule has 0 radical (unpaired) electrons. The molecule has 100 valence electrons. The van der Waals surface area contributed by atoms with Crippen LogP contribution in [-0.4, -0.2) is 19.8 Å². The molecule has 0 amide bonds. The van der Waals surface area contributed by atoms with E-state index < -0.39 is 0 Å². The van der Waals surface area contributed by atoms with Gasteiger partial charge in [0.2, 0.25) is 0 Å². The Morgan fingerprint density at radius 1 is 1.53 bits per heavy atom. The average Bonchev–Trinajstić information content (AvgIpc) is 2.75. The van der Waals surface area contributed by atoms with E-state index in [2.05, 4.69) is 31.4 Å². The van der Waals surface area contributed by atoms with E-state index in [1.807, 2.05) is 36.7 Å². The Balaban J connectivity index is 2.32. The summed E-state index contributed by atoms with van der Waals surface area (Å²) in [6.07, 6.45) is 1.67. The summed E-state index contributed by atoms with van der Waals surface area (Å²) in [4.78, 5) is 0.347. The predicted octanol–water partition coefficient (Wildman–Crippen LogP) is 2.38. The topological polar surface area (TPSA) is 68.8 Å². The fourth-order valence-electron chi connectivity index (χ4n) is 1.88. The molecule has 1 atom stereocenters. The van der Waals surface area contributed by atoms with E-state index in [0.29, 0.717) is 4.99 Å². The lowest BCUT2D eigenvalue weighted by molar-refractivity contribution is 0.719. The van der Waals surface area contributed by atoms with E-state index >= 15 is 0 Å². The molecule has 2 rings (SSSR count). The summed E-state index contributed by atoms with van der Waals surface area (Å²) in [5, 5.41) is 11.3. The lowest BCUT2D eigenvalue weighted by Gasteiger charge is -2.17. The molecule has 1 unspecified atom stereocenters. The Labute approximate surface area is 125 Å². The maximum atomic E-state index is 5.77. The Morgan fingerprint density at radius 3 is 2.84 bits per heavy atom. The largest absolute Gasteiger partial charge is 0.389 e. The van der Waals surface area contributed by atoms with Crippen molar-refractivity contribution in [3.63, 3.8) is 0 Å². The van der Waals surface area contributed by atoms with Crippen molar-refractivity contribution >= 4 is 38.8 Å². The first-order valence-electron chi connectivity index (χ1n) is 5.69. The molecule has 0 spiro atoms. The van der Waals surface area contributed by atoms with E-state index in [1.165, 1.54) is 0 Å². The number of nitrogens with one attached hydrogen (secondary N) is 1. The highest BCUT2D eigenvalue weighted by Gasteiger charge is 2.15. The minimum absolute atomic E-state index is 0.00472. The number of aryl methyl sites for hydroxylation is 1. The SMILES string of the molecule is CC(Nc1cccc(Br)c1C(N)=S)c1nncn1C. The summed E-state index contributed by atoms with van der Waals surface area (Å²) in [5.41, 5.74) is 7.44. The number of anilines is 1. The maximum absolute atomic E-state index is 5.77. The zero-order chi connectivity index (χ0) is 14.0. The summed E-state index contributed by atoms with van der Waals surface area (Å²) >= 11 is 8.55. The average molecular weight is 340 g/mol. The summed E-state index contributed by atoms with van der Waals surface area (Å²) in [6, 6.07) is 5.77. The van der Waals surface area contributed by atoms with Crippen LogP contribution in [0.1, 0.15) is 24.4 Å². The molecule has 0 saturated carbocycles. The molecule has 1 aromatic carbocycles. The number of halogens is 1. The first-order valence-corrected chi connectivity index (χ1v) is 6.89. The van der Waals surface area contributed by atoms with Crippen LogP contribution in [0, 0.1) is 0 Å². The summed E-state index contributed by atoms with van der Waals surface area (Å²) in [6.45, 7) is 2.01. The van der Waals surface area contributed by atoms with Crippen LogP contribution < -0.4 is 11.1 Å². The van der Waals surface area contributed by atoms with Gasteiger partial charge in [-0.2, -0.15) is 0 Å². The molecule has 2 aromatic rings. The van der Waals surface area contributed by atoms with E-state index in [-0.39, 0.29) is 6.04 Å². The van der Waals surface area contributed by atoms with Gasteiger partial charge in [0.05, 0.1) is 6.04 Å². The number of hydrogen-bond donors (Lipinski definition) is 2. The van der Waals surface area contributed by atoms with Gasteiger partial charge < -0.3 is 15.6 Å². The van der Waals surface area contributed by atoms with E-state index in [9.17, 15) is 0 Å². The van der Waals surface area contributed by atoms with Gasteiger partial charge in [-0.15, -0.1) is 10.2 Å². The molecule has 0 aliphatic heterocycles. The lowest BCUT2D eigenvalue weighted by atomic mass is 10.1. The minimum Gasteiger partial charge on any atom is -0.389 e. The number of hydrogen-bond acceptors (Lipinski definition) is 4. The van der Waals surface area contributed by atoms with Crippen molar-refractivity contribution in [1.29, 1.82) is 0 Å². The van der Waals surface area contributed by atoms with E-state index in [1.54, 1.807) is 6.33 Å². The molecule has 0 aliphatic carbocycles. The summed E-state index contributed by atoms with van der Waals surface area (Å²) < 4.78 is 2.74. The molecule has 7 heteroatoms. The molecule has 0 saturated heterocycles. The van der Waals surface area contributed by atoms with Crippen molar-refractivity contribution in [2.24, 2.45) is 12.8 Å². The molecular formula is C12H14BrN5S. The van der Waals surface area contributed by atoms with Gasteiger partial charge in [-0.05, 0) is 35.0 Å². The smallest absolute Gasteiger partial charge is 0.154 e. The molecule has 19 heavy (non-hydrogen) atoms. The number of nitrogens with zero attached hydrogens (tertiary/aromatic N) is 3. The van der Waals surface area contributed by atoms with Crippen molar-refractivity contribution in [3.05, 3.63) is 40.4 Å². The van der Waals surface area contributed by atoms with Crippen LogP contribution in [0.4, 0.5) is 5.69 Å². The van der Waals surface area contributed by atoms with Crippen molar-refractivity contribution in [1.82, 2.24) is 14.8 Å². The Bertz CT molecular complexity index is 610. The zero-order valence-corrected chi connectivity index (χ0v) is 13.0. The van der Waals surface area contributed by atoms with Crippen LogP contribution >= 0.6 is 28.1 Å². The van der Waals surface area contributed by atoms with Crippen LogP contribution in [0.2, 0.25) is 0 Å². The molecule has 0 aliphatic rings. The first-order chi connectivity index (χ1) is 9.00. The van der Waals surface area contributed by atoms with Gasteiger partial charge in [-0.1, -0.05) is 18.3 Å². The summed E-state index contributed by atoms with van der Waals surface area (Å²) in [7, 11) is 1.91. The monoisotopic (exact) mass is 339 g/mol. The number of nitrogens with two attached hydrogens (primary N) is 1. The molecule has 1 aromatic heterocycles. The number of benzene rings is 1.